The van der Waals surface area contributed by atoms with Crippen molar-refractivity contribution in [1.29, 1.82) is 0 Å². The number of aryl methyl sites for hydroxylation is 1. The van der Waals surface area contributed by atoms with Gasteiger partial charge in [-0.25, -0.2) is 0 Å². The Hall–Kier alpha value is -1.73. The van der Waals surface area contributed by atoms with E-state index in [1.807, 2.05) is 0 Å². The third-order valence-corrected chi connectivity index (χ3v) is 1.92. The van der Waals surface area contributed by atoms with E-state index in [0.717, 1.165) is 5.56 Å². The molecule has 0 heterocycles. The topological polar surface area (TPSA) is 69.2 Å². The standard InChI is InChI=1S/C10H9ClN2O2/c1-7-5-8(3-2-4-11)10(12)9(6-7)13(14)15/h5-6H,4,12H2,1H3. The van der Waals surface area contributed by atoms with Crippen LogP contribution in [0.2, 0.25) is 0 Å². The number of benzene rings is 1. The summed E-state index contributed by atoms with van der Waals surface area (Å²) in [5.74, 6) is 5.47. The number of hydrogen-bond donors (Lipinski definition) is 1. The lowest BCUT2D eigenvalue weighted by atomic mass is 10.1. The van der Waals surface area contributed by atoms with E-state index < -0.39 is 4.92 Å². The number of halogens is 1. The summed E-state index contributed by atoms with van der Waals surface area (Å²) < 4.78 is 0. The van der Waals surface area contributed by atoms with Gasteiger partial charge in [0.1, 0.15) is 5.69 Å². The zero-order chi connectivity index (χ0) is 11.4. The molecule has 0 aromatic heterocycles. The van der Waals surface area contributed by atoms with E-state index in [9.17, 15) is 10.1 Å². The highest BCUT2D eigenvalue weighted by Gasteiger charge is 2.14. The lowest BCUT2D eigenvalue weighted by Crippen LogP contribution is -1.99. The summed E-state index contributed by atoms with van der Waals surface area (Å²) in [6.07, 6.45) is 0. The Kier molecular flexibility index (Phi) is 3.53. The minimum atomic E-state index is -0.520. The SMILES string of the molecule is Cc1cc(C#CCCl)c(N)c([N+](=O)[O-])c1. The van der Waals surface area contributed by atoms with Gasteiger partial charge < -0.3 is 5.73 Å². The second kappa shape index (κ2) is 4.67. The maximum Gasteiger partial charge on any atom is 0.293 e. The van der Waals surface area contributed by atoms with E-state index in [4.69, 9.17) is 17.3 Å². The molecule has 0 atom stereocenters. The number of alkyl halides is 1. The molecule has 1 rings (SSSR count). The van der Waals surface area contributed by atoms with Gasteiger partial charge in [0, 0.05) is 6.07 Å². The second-order valence-electron chi connectivity index (χ2n) is 2.94. The van der Waals surface area contributed by atoms with Gasteiger partial charge in [-0.3, -0.25) is 10.1 Å². The summed E-state index contributed by atoms with van der Waals surface area (Å²) in [5.41, 5.74) is 6.77. The molecule has 0 bridgehead atoms. The summed E-state index contributed by atoms with van der Waals surface area (Å²) >= 11 is 5.40. The molecule has 2 N–H and O–H groups in total. The Balaban J connectivity index is 3.34. The Morgan fingerprint density at radius 3 is 2.80 bits per heavy atom. The average molecular weight is 225 g/mol. The maximum atomic E-state index is 10.7. The van der Waals surface area contributed by atoms with Gasteiger partial charge in [-0.15, -0.1) is 11.6 Å². The molecule has 0 fully saturated rings. The predicted molar refractivity (Wildman–Crippen MR) is 59.8 cm³/mol. The van der Waals surface area contributed by atoms with Crippen LogP contribution in [-0.4, -0.2) is 10.8 Å². The first kappa shape index (κ1) is 11.3. The van der Waals surface area contributed by atoms with Crippen LogP contribution in [0.15, 0.2) is 12.1 Å². The van der Waals surface area contributed by atoms with E-state index in [1.54, 1.807) is 13.0 Å². The Labute approximate surface area is 92.2 Å². The first-order chi connectivity index (χ1) is 7.06. The van der Waals surface area contributed by atoms with Crippen molar-refractivity contribution in [2.24, 2.45) is 0 Å². The number of hydrogen-bond acceptors (Lipinski definition) is 3. The van der Waals surface area contributed by atoms with Gasteiger partial charge in [0.15, 0.2) is 0 Å². The molecule has 0 amide bonds. The van der Waals surface area contributed by atoms with Crippen molar-refractivity contribution in [2.75, 3.05) is 11.6 Å². The molecule has 0 unspecified atom stereocenters. The maximum absolute atomic E-state index is 10.7. The quantitative estimate of drug-likeness (QED) is 0.261. The van der Waals surface area contributed by atoms with Crippen LogP contribution in [0, 0.1) is 28.9 Å². The second-order valence-corrected chi connectivity index (χ2v) is 3.21. The van der Waals surface area contributed by atoms with Crippen LogP contribution in [0.25, 0.3) is 0 Å². The fourth-order valence-corrected chi connectivity index (χ4v) is 1.23. The highest BCUT2D eigenvalue weighted by molar-refractivity contribution is 6.19. The zero-order valence-electron chi connectivity index (χ0n) is 8.08. The summed E-state index contributed by atoms with van der Waals surface area (Å²) in [7, 11) is 0. The predicted octanol–water partition coefficient (Wildman–Crippen LogP) is 2.08. The van der Waals surface area contributed by atoms with Gasteiger partial charge in [-0.2, -0.15) is 0 Å². The van der Waals surface area contributed by atoms with Gasteiger partial charge in [0.2, 0.25) is 0 Å². The molecular formula is C10H9ClN2O2. The first-order valence-corrected chi connectivity index (χ1v) is 4.69. The third kappa shape index (κ3) is 2.61. The normalized spacial score (nSPS) is 9.20. The van der Waals surface area contributed by atoms with Crippen LogP contribution in [0.4, 0.5) is 11.4 Å². The van der Waals surface area contributed by atoms with Gasteiger partial charge in [0.25, 0.3) is 5.69 Å². The number of rotatable bonds is 1. The van der Waals surface area contributed by atoms with Gasteiger partial charge in [-0.05, 0) is 18.6 Å². The van der Waals surface area contributed by atoms with Crippen molar-refractivity contribution in [3.8, 4) is 11.8 Å². The van der Waals surface area contributed by atoms with Crippen molar-refractivity contribution in [2.45, 2.75) is 6.92 Å². The molecule has 5 heteroatoms. The number of nitro groups is 1. The Bertz CT molecular complexity index is 460. The zero-order valence-corrected chi connectivity index (χ0v) is 8.84. The molecule has 0 aliphatic carbocycles. The van der Waals surface area contributed by atoms with E-state index in [0.29, 0.717) is 5.56 Å². The molecular weight excluding hydrogens is 216 g/mol. The monoisotopic (exact) mass is 224 g/mol. The number of nitrogens with zero attached hydrogens (tertiary/aromatic N) is 1. The number of anilines is 1. The fraction of sp³-hybridized carbons (Fsp3) is 0.200. The largest absolute Gasteiger partial charge is 0.392 e. The molecule has 0 aliphatic heterocycles. The lowest BCUT2D eigenvalue weighted by molar-refractivity contribution is -0.383. The number of nitro benzene ring substituents is 1. The minimum absolute atomic E-state index is 0.0863. The van der Waals surface area contributed by atoms with Crippen LogP contribution in [0.5, 0.6) is 0 Å². The van der Waals surface area contributed by atoms with E-state index in [-0.39, 0.29) is 17.3 Å². The average Bonchev–Trinajstić information content (AvgIpc) is 2.18. The number of nitrogens with two attached hydrogens (primary N) is 1. The van der Waals surface area contributed by atoms with E-state index in [2.05, 4.69) is 11.8 Å². The molecule has 4 nitrogen and oxygen atoms in total. The lowest BCUT2D eigenvalue weighted by Gasteiger charge is -2.01. The smallest absolute Gasteiger partial charge is 0.293 e. The van der Waals surface area contributed by atoms with E-state index >= 15 is 0 Å². The van der Waals surface area contributed by atoms with Gasteiger partial charge >= 0.3 is 0 Å². The Morgan fingerprint density at radius 2 is 2.27 bits per heavy atom. The molecule has 1 aromatic rings. The molecule has 0 aliphatic rings. The van der Waals surface area contributed by atoms with Crippen molar-refractivity contribution < 1.29 is 4.92 Å². The molecule has 1 aromatic carbocycles. The van der Waals surface area contributed by atoms with Crippen LogP contribution in [0.3, 0.4) is 0 Å². The third-order valence-electron chi connectivity index (χ3n) is 1.79. The highest BCUT2D eigenvalue weighted by Crippen LogP contribution is 2.26. The summed E-state index contributed by atoms with van der Waals surface area (Å²) in [6.45, 7) is 1.75. The van der Waals surface area contributed by atoms with Crippen molar-refractivity contribution in [3.63, 3.8) is 0 Å². The summed E-state index contributed by atoms with van der Waals surface area (Å²) in [4.78, 5) is 10.1. The van der Waals surface area contributed by atoms with Crippen LogP contribution >= 0.6 is 11.6 Å². The molecule has 0 saturated heterocycles. The van der Waals surface area contributed by atoms with Crippen LogP contribution in [-0.2, 0) is 0 Å². The summed E-state index contributed by atoms with van der Waals surface area (Å²) in [6, 6.07) is 3.11. The first-order valence-electron chi connectivity index (χ1n) is 4.15. The van der Waals surface area contributed by atoms with Crippen molar-refractivity contribution >= 4 is 23.0 Å². The Morgan fingerprint density at radius 1 is 1.60 bits per heavy atom. The fourth-order valence-electron chi connectivity index (χ4n) is 1.16. The summed E-state index contributed by atoms with van der Waals surface area (Å²) in [5, 5.41) is 10.7. The highest BCUT2D eigenvalue weighted by atomic mass is 35.5. The van der Waals surface area contributed by atoms with Crippen LogP contribution < -0.4 is 5.73 Å². The molecule has 78 valence electrons. The number of nitrogen functional groups attached to an aromatic ring is 1. The van der Waals surface area contributed by atoms with Crippen molar-refractivity contribution in [3.05, 3.63) is 33.4 Å². The molecule has 0 saturated carbocycles. The van der Waals surface area contributed by atoms with Crippen LogP contribution in [0.1, 0.15) is 11.1 Å². The van der Waals surface area contributed by atoms with Crippen molar-refractivity contribution in [1.82, 2.24) is 0 Å². The van der Waals surface area contributed by atoms with E-state index in [1.165, 1.54) is 6.07 Å². The van der Waals surface area contributed by atoms with Gasteiger partial charge in [-0.1, -0.05) is 11.8 Å². The minimum Gasteiger partial charge on any atom is -0.392 e. The molecule has 0 spiro atoms. The molecule has 15 heavy (non-hydrogen) atoms. The van der Waals surface area contributed by atoms with Gasteiger partial charge in [0.05, 0.1) is 16.4 Å². The molecule has 0 radical (unpaired) electrons.